The van der Waals surface area contributed by atoms with Crippen LogP contribution >= 0.6 is 0 Å². The Bertz CT molecular complexity index is 730. The van der Waals surface area contributed by atoms with Gasteiger partial charge in [0.1, 0.15) is 11.4 Å². The summed E-state index contributed by atoms with van der Waals surface area (Å²) < 4.78 is 6.07. The Hall–Kier alpha value is -2.66. The molecule has 1 saturated heterocycles. The fraction of sp³-hybridized carbons (Fsp3) is 0.300. The highest BCUT2D eigenvalue weighted by Crippen LogP contribution is 2.31. The molecule has 1 amide bonds. The van der Waals surface area contributed by atoms with Crippen molar-refractivity contribution in [1.29, 1.82) is 0 Å². The Morgan fingerprint density at radius 3 is 2.84 bits per heavy atom. The van der Waals surface area contributed by atoms with E-state index in [9.17, 15) is 4.79 Å². The number of benzene rings is 1. The zero-order valence-corrected chi connectivity index (χ0v) is 14.4. The van der Waals surface area contributed by atoms with Crippen LogP contribution < -0.4 is 10.2 Å². The highest BCUT2D eigenvalue weighted by molar-refractivity contribution is 5.94. The fourth-order valence-corrected chi connectivity index (χ4v) is 3.01. The number of carbonyl (C=O) groups is 1. The van der Waals surface area contributed by atoms with E-state index < -0.39 is 0 Å². The molecule has 0 bridgehead atoms. The molecule has 5 heteroatoms. The smallest absolute Gasteiger partial charge is 0.253 e. The molecular formula is C20H23N3O2. The van der Waals surface area contributed by atoms with Crippen LogP contribution in [0.25, 0.3) is 0 Å². The van der Waals surface area contributed by atoms with E-state index in [4.69, 9.17) is 4.74 Å². The fourth-order valence-electron chi connectivity index (χ4n) is 3.01. The summed E-state index contributed by atoms with van der Waals surface area (Å²) in [5.74, 6) is 0.709. The maximum absolute atomic E-state index is 11.9. The van der Waals surface area contributed by atoms with Crippen molar-refractivity contribution in [2.75, 3.05) is 31.1 Å². The number of hydrogen-bond acceptors (Lipinski definition) is 4. The van der Waals surface area contributed by atoms with Crippen molar-refractivity contribution >= 4 is 11.7 Å². The lowest BCUT2D eigenvalue weighted by Gasteiger charge is -2.41. The molecule has 1 fully saturated rings. The number of morpholine rings is 1. The number of carbonyl (C=O) groups excluding carboxylic acids is 1. The number of aromatic nitrogens is 1. The average molecular weight is 337 g/mol. The van der Waals surface area contributed by atoms with Crippen molar-refractivity contribution in [2.24, 2.45) is 0 Å². The molecule has 1 N–H and O–H groups in total. The van der Waals surface area contributed by atoms with Crippen LogP contribution in [0.2, 0.25) is 0 Å². The third-order valence-electron chi connectivity index (χ3n) is 4.40. The number of rotatable bonds is 5. The first-order chi connectivity index (χ1) is 12.1. The van der Waals surface area contributed by atoms with Crippen LogP contribution in [0.3, 0.4) is 0 Å². The van der Waals surface area contributed by atoms with Gasteiger partial charge in [-0.2, -0.15) is 0 Å². The predicted molar refractivity (Wildman–Crippen MR) is 98.7 cm³/mol. The molecule has 130 valence electrons. The van der Waals surface area contributed by atoms with Gasteiger partial charge in [0.15, 0.2) is 0 Å². The lowest BCUT2D eigenvalue weighted by atomic mass is 9.94. The van der Waals surface area contributed by atoms with E-state index in [0.717, 1.165) is 17.9 Å². The van der Waals surface area contributed by atoms with Gasteiger partial charge in [-0.3, -0.25) is 4.79 Å². The van der Waals surface area contributed by atoms with Crippen LogP contribution in [0.4, 0.5) is 5.82 Å². The molecule has 3 rings (SSSR count). The predicted octanol–water partition coefficient (Wildman–Crippen LogP) is 2.75. The Kier molecular flexibility index (Phi) is 5.14. The molecule has 1 unspecified atom stereocenters. The summed E-state index contributed by atoms with van der Waals surface area (Å²) in [6.07, 6.45) is 3.26. The number of amides is 1. The van der Waals surface area contributed by atoms with Gasteiger partial charge in [0.25, 0.3) is 5.91 Å². The normalized spacial score (nSPS) is 20.1. The minimum atomic E-state index is -0.374. The second-order valence-corrected chi connectivity index (χ2v) is 6.27. The first-order valence-corrected chi connectivity index (χ1v) is 8.42. The maximum atomic E-state index is 11.9. The van der Waals surface area contributed by atoms with Crippen LogP contribution in [0.5, 0.6) is 0 Å². The van der Waals surface area contributed by atoms with E-state index in [1.807, 2.05) is 24.3 Å². The molecule has 5 nitrogen and oxygen atoms in total. The summed E-state index contributed by atoms with van der Waals surface area (Å²) in [5.41, 5.74) is 1.33. The minimum Gasteiger partial charge on any atom is -0.367 e. The topological polar surface area (TPSA) is 54.5 Å². The first kappa shape index (κ1) is 17.2. The second-order valence-electron chi connectivity index (χ2n) is 6.27. The third kappa shape index (κ3) is 3.88. The Labute approximate surface area is 148 Å². The van der Waals surface area contributed by atoms with Gasteiger partial charge in [-0.15, -0.1) is 6.58 Å². The summed E-state index contributed by atoms with van der Waals surface area (Å²) in [4.78, 5) is 18.6. The maximum Gasteiger partial charge on any atom is 0.253 e. The summed E-state index contributed by atoms with van der Waals surface area (Å²) in [5, 5.41) is 2.75. The molecule has 25 heavy (non-hydrogen) atoms. The average Bonchev–Trinajstić information content (AvgIpc) is 2.67. The summed E-state index contributed by atoms with van der Waals surface area (Å²) in [6, 6.07) is 13.9. The van der Waals surface area contributed by atoms with Crippen molar-refractivity contribution in [3.8, 4) is 0 Å². The Balaban J connectivity index is 1.73. The third-order valence-corrected chi connectivity index (χ3v) is 4.40. The summed E-state index contributed by atoms with van der Waals surface area (Å²) in [7, 11) is 0. The molecule has 1 atom stereocenters. The zero-order valence-electron chi connectivity index (χ0n) is 14.4. The van der Waals surface area contributed by atoms with Gasteiger partial charge in [0.2, 0.25) is 0 Å². The molecule has 0 radical (unpaired) electrons. The monoisotopic (exact) mass is 337 g/mol. The number of hydrogen-bond donors (Lipinski definition) is 1. The number of nitrogens with zero attached hydrogens (tertiary/aromatic N) is 2. The second kappa shape index (κ2) is 7.49. The van der Waals surface area contributed by atoms with E-state index in [2.05, 4.69) is 40.8 Å². The van der Waals surface area contributed by atoms with E-state index >= 15 is 0 Å². The number of ether oxygens (including phenoxy) is 1. The van der Waals surface area contributed by atoms with E-state index in [0.29, 0.717) is 25.3 Å². The molecule has 1 aromatic carbocycles. The largest absolute Gasteiger partial charge is 0.367 e. The Morgan fingerprint density at radius 2 is 2.16 bits per heavy atom. The van der Waals surface area contributed by atoms with E-state index in [1.54, 1.807) is 18.3 Å². The standard InChI is InChI=1S/C20H23N3O2/c1-3-11-21-19(24)16-9-10-18(22-14-16)23-12-13-25-20(2,15-23)17-7-5-4-6-8-17/h3-10,14H,1,11-13,15H2,2H3,(H,21,24). The highest BCUT2D eigenvalue weighted by atomic mass is 16.5. The van der Waals surface area contributed by atoms with Crippen molar-refractivity contribution in [3.63, 3.8) is 0 Å². The Morgan fingerprint density at radius 1 is 1.36 bits per heavy atom. The van der Waals surface area contributed by atoms with Crippen molar-refractivity contribution < 1.29 is 9.53 Å². The van der Waals surface area contributed by atoms with Crippen molar-refractivity contribution in [2.45, 2.75) is 12.5 Å². The van der Waals surface area contributed by atoms with Gasteiger partial charge in [-0.25, -0.2) is 4.98 Å². The van der Waals surface area contributed by atoms with Gasteiger partial charge < -0.3 is 15.0 Å². The van der Waals surface area contributed by atoms with Gasteiger partial charge in [0, 0.05) is 19.3 Å². The molecule has 1 aliphatic heterocycles. The molecule has 2 aromatic rings. The first-order valence-electron chi connectivity index (χ1n) is 8.42. The molecule has 1 aromatic heterocycles. The van der Waals surface area contributed by atoms with Crippen LogP contribution in [0.15, 0.2) is 61.3 Å². The molecule has 1 aliphatic rings. The lowest BCUT2D eigenvalue weighted by molar-refractivity contribution is -0.0468. The lowest BCUT2D eigenvalue weighted by Crippen LogP contribution is -2.48. The number of nitrogens with one attached hydrogen (secondary N) is 1. The van der Waals surface area contributed by atoms with Crippen LogP contribution in [-0.2, 0) is 10.3 Å². The summed E-state index contributed by atoms with van der Waals surface area (Å²) >= 11 is 0. The molecule has 0 saturated carbocycles. The minimum absolute atomic E-state index is 0.143. The quantitative estimate of drug-likeness (QED) is 0.853. The van der Waals surface area contributed by atoms with E-state index in [-0.39, 0.29) is 11.5 Å². The van der Waals surface area contributed by atoms with Crippen molar-refractivity contribution in [1.82, 2.24) is 10.3 Å². The summed E-state index contributed by atoms with van der Waals surface area (Å²) in [6.45, 7) is 8.26. The SMILES string of the molecule is C=CCNC(=O)c1ccc(N2CCOC(C)(c3ccccc3)C2)nc1. The van der Waals surface area contributed by atoms with Gasteiger partial charge in [-0.05, 0) is 24.6 Å². The van der Waals surface area contributed by atoms with Gasteiger partial charge >= 0.3 is 0 Å². The zero-order chi connectivity index (χ0) is 17.7. The number of anilines is 1. The molecular weight excluding hydrogens is 314 g/mol. The van der Waals surface area contributed by atoms with E-state index in [1.165, 1.54) is 0 Å². The van der Waals surface area contributed by atoms with Gasteiger partial charge in [-0.1, -0.05) is 36.4 Å². The molecule has 2 heterocycles. The number of pyridine rings is 1. The highest BCUT2D eigenvalue weighted by Gasteiger charge is 2.34. The van der Waals surface area contributed by atoms with Crippen LogP contribution in [0.1, 0.15) is 22.8 Å². The molecule has 0 aliphatic carbocycles. The van der Waals surface area contributed by atoms with Crippen LogP contribution in [-0.4, -0.2) is 37.1 Å². The van der Waals surface area contributed by atoms with Crippen molar-refractivity contribution in [3.05, 3.63) is 72.4 Å². The van der Waals surface area contributed by atoms with Gasteiger partial charge in [0.05, 0.1) is 18.7 Å². The molecule has 0 spiro atoms. The van der Waals surface area contributed by atoms with Crippen LogP contribution in [0, 0.1) is 0 Å².